The average molecular weight is 609 g/mol. The summed E-state index contributed by atoms with van der Waals surface area (Å²) in [5, 5.41) is 0. The van der Waals surface area contributed by atoms with Crippen LogP contribution in [0, 0.1) is 0 Å². The fourth-order valence-electron chi connectivity index (χ4n) is 5.31. The van der Waals surface area contributed by atoms with Gasteiger partial charge in [0.25, 0.3) is 0 Å². The van der Waals surface area contributed by atoms with E-state index in [4.69, 9.17) is 28.4 Å². The van der Waals surface area contributed by atoms with E-state index in [0.717, 1.165) is 35.1 Å². The Hall–Kier alpha value is -3.62. The first-order valence-electron chi connectivity index (χ1n) is 15.8. The Bertz CT molecular complexity index is 1350. The molecule has 0 amide bonds. The third kappa shape index (κ3) is 10.5. The van der Waals surface area contributed by atoms with Crippen molar-refractivity contribution in [3.63, 3.8) is 0 Å². The van der Waals surface area contributed by atoms with Crippen LogP contribution in [0.25, 0.3) is 0 Å². The van der Waals surface area contributed by atoms with Crippen LogP contribution in [0.15, 0.2) is 134 Å². The van der Waals surface area contributed by atoms with Gasteiger partial charge >= 0.3 is 0 Å². The summed E-state index contributed by atoms with van der Waals surface area (Å²) in [5.41, 5.74) is 4.27. The molecule has 1 heterocycles. The molecule has 5 rings (SSSR count). The molecule has 4 aromatic carbocycles. The van der Waals surface area contributed by atoms with Crippen LogP contribution in [-0.4, -0.2) is 43.9 Å². The molecule has 0 radical (unpaired) electrons. The number of benzene rings is 4. The molecule has 0 saturated carbocycles. The van der Waals surface area contributed by atoms with Crippen LogP contribution in [0.2, 0.25) is 0 Å². The molecule has 0 aliphatic carbocycles. The van der Waals surface area contributed by atoms with Crippen molar-refractivity contribution >= 4 is 0 Å². The summed E-state index contributed by atoms with van der Waals surface area (Å²) in [6.45, 7) is 6.28. The predicted molar refractivity (Wildman–Crippen MR) is 175 cm³/mol. The number of hydrogen-bond acceptors (Lipinski definition) is 6. The van der Waals surface area contributed by atoms with Crippen molar-refractivity contribution in [1.82, 2.24) is 0 Å². The van der Waals surface area contributed by atoms with E-state index in [0.29, 0.717) is 39.6 Å². The van der Waals surface area contributed by atoms with Gasteiger partial charge in [-0.05, 0) is 35.1 Å². The Morgan fingerprint density at radius 2 is 0.978 bits per heavy atom. The summed E-state index contributed by atoms with van der Waals surface area (Å²) >= 11 is 0. The van der Waals surface area contributed by atoms with Crippen molar-refractivity contribution in [2.24, 2.45) is 0 Å². The molecule has 0 N–H and O–H groups in total. The lowest BCUT2D eigenvalue weighted by Crippen LogP contribution is -2.61. The minimum absolute atomic E-state index is 0.303. The zero-order valence-corrected chi connectivity index (χ0v) is 25.8. The van der Waals surface area contributed by atoms with Gasteiger partial charge < -0.3 is 28.4 Å². The van der Waals surface area contributed by atoms with E-state index in [-0.39, 0.29) is 0 Å². The lowest BCUT2D eigenvalue weighted by molar-refractivity contribution is -0.328. The lowest BCUT2D eigenvalue weighted by Gasteiger charge is -2.46. The summed E-state index contributed by atoms with van der Waals surface area (Å²) in [4.78, 5) is 0. The van der Waals surface area contributed by atoms with Gasteiger partial charge in [-0.1, -0.05) is 127 Å². The zero-order valence-electron chi connectivity index (χ0n) is 25.8. The molecule has 0 spiro atoms. The van der Waals surface area contributed by atoms with E-state index < -0.39 is 30.7 Å². The van der Waals surface area contributed by atoms with Crippen LogP contribution in [0.3, 0.4) is 0 Å². The van der Waals surface area contributed by atoms with Crippen LogP contribution < -0.4 is 0 Å². The van der Waals surface area contributed by atoms with E-state index in [1.54, 1.807) is 0 Å². The van der Waals surface area contributed by atoms with Gasteiger partial charge in [0.2, 0.25) is 0 Å². The second kappa shape index (κ2) is 18.4. The van der Waals surface area contributed by atoms with Crippen LogP contribution in [0.4, 0.5) is 0 Å². The van der Waals surface area contributed by atoms with Gasteiger partial charge in [0.15, 0.2) is 6.29 Å². The monoisotopic (exact) mass is 608 g/mol. The Morgan fingerprint density at radius 1 is 0.533 bits per heavy atom. The molecule has 1 fully saturated rings. The van der Waals surface area contributed by atoms with Gasteiger partial charge in [-0.15, -0.1) is 6.58 Å². The van der Waals surface area contributed by atoms with Gasteiger partial charge in [0.05, 0.1) is 39.6 Å². The highest BCUT2D eigenvalue weighted by molar-refractivity contribution is 5.16. The zero-order chi connectivity index (χ0) is 30.9. The minimum Gasteiger partial charge on any atom is -0.374 e. The van der Waals surface area contributed by atoms with Gasteiger partial charge in [-0.25, -0.2) is 0 Å². The Kier molecular flexibility index (Phi) is 13.4. The van der Waals surface area contributed by atoms with Crippen LogP contribution in [0.5, 0.6) is 0 Å². The molecule has 6 nitrogen and oxygen atoms in total. The maximum Gasteiger partial charge on any atom is 0.186 e. The largest absolute Gasteiger partial charge is 0.374 e. The van der Waals surface area contributed by atoms with Crippen LogP contribution in [-0.2, 0) is 54.8 Å². The normalized spacial score (nSPS) is 21.4. The van der Waals surface area contributed by atoms with E-state index in [9.17, 15) is 0 Å². The molecular formula is C39H44O6. The third-order valence-electron chi connectivity index (χ3n) is 7.68. The van der Waals surface area contributed by atoms with Gasteiger partial charge in [-0.2, -0.15) is 0 Å². The van der Waals surface area contributed by atoms with Crippen molar-refractivity contribution in [1.29, 1.82) is 0 Å². The highest BCUT2D eigenvalue weighted by Crippen LogP contribution is 2.32. The maximum atomic E-state index is 6.74. The Labute approximate surface area is 267 Å². The number of allylic oxidation sites excluding steroid dienone is 1. The maximum absolute atomic E-state index is 6.74. The molecule has 4 aromatic rings. The topological polar surface area (TPSA) is 55.4 Å². The molecule has 1 saturated heterocycles. The molecule has 0 aromatic heterocycles. The summed E-state index contributed by atoms with van der Waals surface area (Å²) in [6.07, 6.45) is 0.896. The van der Waals surface area contributed by atoms with Crippen molar-refractivity contribution in [2.45, 2.75) is 70.0 Å². The summed E-state index contributed by atoms with van der Waals surface area (Å²) < 4.78 is 39.4. The fraction of sp³-hybridized carbons (Fsp3) is 0.333. The summed E-state index contributed by atoms with van der Waals surface area (Å²) in [5.74, 6) is 0. The quantitative estimate of drug-likeness (QED) is 0.0854. The van der Waals surface area contributed by atoms with Gasteiger partial charge in [0, 0.05) is 0 Å². The van der Waals surface area contributed by atoms with E-state index >= 15 is 0 Å². The first-order valence-corrected chi connectivity index (χ1v) is 15.8. The van der Waals surface area contributed by atoms with E-state index in [1.165, 1.54) is 0 Å². The molecule has 0 bridgehead atoms. The second-order valence-electron chi connectivity index (χ2n) is 11.1. The van der Waals surface area contributed by atoms with Crippen molar-refractivity contribution < 1.29 is 28.4 Å². The Morgan fingerprint density at radius 3 is 1.47 bits per heavy atom. The first-order chi connectivity index (χ1) is 22.3. The minimum atomic E-state index is -0.679. The highest BCUT2D eigenvalue weighted by atomic mass is 16.7. The Balaban J connectivity index is 1.41. The van der Waals surface area contributed by atoms with Crippen LogP contribution >= 0.6 is 0 Å². The van der Waals surface area contributed by atoms with Crippen molar-refractivity contribution in [2.75, 3.05) is 13.2 Å². The lowest BCUT2D eigenvalue weighted by atomic mass is 9.97. The summed E-state index contributed by atoms with van der Waals surface area (Å²) in [6, 6.07) is 40.5. The number of unbranched alkanes of at least 4 members (excludes halogenated alkanes) is 1. The third-order valence-corrected chi connectivity index (χ3v) is 7.68. The number of hydrogen-bond donors (Lipinski definition) is 0. The molecule has 236 valence electrons. The smallest absolute Gasteiger partial charge is 0.186 e. The van der Waals surface area contributed by atoms with E-state index in [1.807, 2.05) is 91.0 Å². The fourth-order valence-corrected chi connectivity index (χ4v) is 5.31. The van der Waals surface area contributed by atoms with Gasteiger partial charge in [-0.3, -0.25) is 0 Å². The molecule has 1 aliphatic rings. The first kappa shape index (κ1) is 32.8. The van der Waals surface area contributed by atoms with Crippen LogP contribution in [0.1, 0.15) is 35.1 Å². The van der Waals surface area contributed by atoms with E-state index in [2.05, 4.69) is 43.0 Å². The predicted octanol–water partition coefficient (Wildman–Crippen LogP) is 7.67. The number of ether oxygens (including phenoxy) is 6. The molecular weight excluding hydrogens is 564 g/mol. The molecule has 3 unspecified atom stereocenters. The standard InChI is InChI=1S/C39H44O6/c1-2-3-16-25-41-39-38(44-29-34-23-14-7-15-24-34)37(43-28-33-21-12-6-13-22-33)36(42-27-32-19-10-5-11-20-32)35(45-39)30-40-26-31-17-8-4-9-18-31/h2,4-15,17-24,35-39H,1,3,16,25-30H2/t35?,36-,37?,38?,39-/m1/s1. The highest BCUT2D eigenvalue weighted by Gasteiger charge is 2.49. The molecule has 6 heteroatoms. The second-order valence-corrected chi connectivity index (χ2v) is 11.1. The molecule has 5 atom stereocenters. The molecule has 45 heavy (non-hydrogen) atoms. The SMILES string of the molecule is C=CCCCO[C@@H]1OC(COCc2ccccc2)[C@@H](OCc2ccccc2)C(OCc2ccccc2)C1OCc1ccccc1. The summed E-state index contributed by atoms with van der Waals surface area (Å²) in [7, 11) is 0. The average Bonchev–Trinajstić information content (AvgIpc) is 3.10. The van der Waals surface area contributed by atoms with Crippen molar-refractivity contribution in [3.8, 4) is 0 Å². The van der Waals surface area contributed by atoms with Crippen molar-refractivity contribution in [3.05, 3.63) is 156 Å². The van der Waals surface area contributed by atoms with Gasteiger partial charge in [0.1, 0.15) is 24.4 Å². The molecule has 1 aliphatic heterocycles. The number of rotatable bonds is 18.